The maximum Gasteiger partial charge on any atom is 0.200 e. The average Bonchev–Trinajstić information content (AvgIpc) is 2.51. The molecule has 0 bridgehead atoms. The molecule has 2 nitrogen and oxygen atoms in total. The molecule has 112 valence electrons. The van der Waals surface area contributed by atoms with Gasteiger partial charge in [0.15, 0.2) is 23.3 Å². The van der Waals surface area contributed by atoms with Crippen LogP contribution in [0.15, 0.2) is 24.3 Å². The van der Waals surface area contributed by atoms with E-state index in [9.17, 15) is 22.0 Å². The summed E-state index contributed by atoms with van der Waals surface area (Å²) in [5, 5.41) is 2.22. The molecule has 21 heavy (non-hydrogen) atoms. The SMILES string of the molecule is NCc1cccc(CNc2c(F)c(F)c(F)c(F)c2F)c1. The topological polar surface area (TPSA) is 38.0 Å². The maximum absolute atomic E-state index is 13.4. The van der Waals surface area contributed by atoms with E-state index in [2.05, 4.69) is 5.32 Å². The number of rotatable bonds is 4. The zero-order chi connectivity index (χ0) is 15.6. The van der Waals surface area contributed by atoms with Crippen molar-refractivity contribution >= 4 is 5.69 Å². The molecule has 0 heterocycles. The number of benzene rings is 2. The summed E-state index contributed by atoms with van der Waals surface area (Å²) < 4.78 is 65.8. The summed E-state index contributed by atoms with van der Waals surface area (Å²) in [6.45, 7) is 0.169. The van der Waals surface area contributed by atoms with Crippen molar-refractivity contribution in [3.05, 3.63) is 64.5 Å². The predicted octanol–water partition coefficient (Wildman–Crippen LogP) is 3.45. The normalized spacial score (nSPS) is 10.8. The molecule has 0 saturated heterocycles. The van der Waals surface area contributed by atoms with Gasteiger partial charge in [0.05, 0.1) is 0 Å². The maximum atomic E-state index is 13.4. The first-order valence-corrected chi connectivity index (χ1v) is 5.99. The second kappa shape index (κ2) is 6.09. The first-order valence-electron chi connectivity index (χ1n) is 5.99. The lowest BCUT2D eigenvalue weighted by Gasteiger charge is -2.11. The van der Waals surface area contributed by atoms with E-state index < -0.39 is 34.8 Å². The lowest BCUT2D eigenvalue weighted by molar-refractivity contribution is 0.381. The Kier molecular flexibility index (Phi) is 4.42. The summed E-state index contributed by atoms with van der Waals surface area (Å²) in [7, 11) is 0. The van der Waals surface area contributed by atoms with Crippen LogP contribution in [0, 0.1) is 29.1 Å². The van der Waals surface area contributed by atoms with Gasteiger partial charge < -0.3 is 11.1 Å². The second-order valence-electron chi connectivity index (χ2n) is 4.32. The fourth-order valence-corrected chi connectivity index (χ4v) is 1.82. The predicted molar refractivity (Wildman–Crippen MR) is 67.9 cm³/mol. The highest BCUT2D eigenvalue weighted by Crippen LogP contribution is 2.27. The Labute approximate surface area is 117 Å². The second-order valence-corrected chi connectivity index (χ2v) is 4.32. The van der Waals surface area contributed by atoms with E-state index in [-0.39, 0.29) is 13.1 Å². The highest BCUT2D eigenvalue weighted by Gasteiger charge is 2.25. The zero-order valence-corrected chi connectivity index (χ0v) is 10.7. The average molecular weight is 302 g/mol. The first-order chi connectivity index (χ1) is 9.95. The van der Waals surface area contributed by atoms with Gasteiger partial charge in [0.25, 0.3) is 0 Å². The van der Waals surface area contributed by atoms with E-state index in [0.29, 0.717) is 5.56 Å². The van der Waals surface area contributed by atoms with Gasteiger partial charge in [-0.25, -0.2) is 22.0 Å². The molecular formula is C14H11F5N2. The molecule has 2 rings (SSSR count). The van der Waals surface area contributed by atoms with Crippen LogP contribution in [0.5, 0.6) is 0 Å². The third kappa shape index (κ3) is 2.97. The number of nitrogens with one attached hydrogen (secondary N) is 1. The van der Waals surface area contributed by atoms with Crippen LogP contribution in [-0.2, 0) is 13.1 Å². The quantitative estimate of drug-likeness (QED) is 0.516. The van der Waals surface area contributed by atoms with Crippen molar-refractivity contribution in [3.8, 4) is 0 Å². The molecule has 7 heteroatoms. The highest BCUT2D eigenvalue weighted by molar-refractivity contribution is 5.48. The number of nitrogens with two attached hydrogens (primary N) is 1. The van der Waals surface area contributed by atoms with Gasteiger partial charge in [-0.3, -0.25) is 0 Å². The molecule has 0 unspecified atom stereocenters. The van der Waals surface area contributed by atoms with Crippen LogP contribution in [0.1, 0.15) is 11.1 Å². The van der Waals surface area contributed by atoms with Crippen LogP contribution in [0.4, 0.5) is 27.6 Å². The standard InChI is InChI=1S/C14H11F5N2/c15-9-10(16)12(18)14(13(19)11(9)17)21-6-8-3-1-2-7(4-8)5-20/h1-4,21H,5-6,20H2. The summed E-state index contributed by atoms with van der Waals surface area (Å²) in [4.78, 5) is 0. The molecule has 3 N–H and O–H groups in total. The number of anilines is 1. The summed E-state index contributed by atoms with van der Waals surface area (Å²) in [5.74, 6) is -9.91. The minimum Gasteiger partial charge on any atom is -0.376 e. The van der Waals surface area contributed by atoms with Gasteiger partial charge in [0.2, 0.25) is 5.82 Å². The molecule has 0 spiro atoms. The van der Waals surface area contributed by atoms with Crippen molar-refractivity contribution in [3.63, 3.8) is 0 Å². The van der Waals surface area contributed by atoms with Crippen molar-refractivity contribution in [2.75, 3.05) is 5.32 Å². The fraction of sp³-hybridized carbons (Fsp3) is 0.143. The summed E-state index contributed by atoms with van der Waals surface area (Å²) >= 11 is 0. The van der Waals surface area contributed by atoms with Crippen molar-refractivity contribution in [1.29, 1.82) is 0 Å². The Morgan fingerprint density at radius 1 is 0.810 bits per heavy atom. The molecule has 0 aliphatic heterocycles. The summed E-state index contributed by atoms with van der Waals surface area (Å²) in [6.07, 6.45) is 0. The van der Waals surface area contributed by atoms with Crippen LogP contribution in [0.2, 0.25) is 0 Å². The van der Waals surface area contributed by atoms with Crippen molar-refractivity contribution in [2.45, 2.75) is 13.1 Å². The first kappa shape index (κ1) is 15.2. The van der Waals surface area contributed by atoms with Gasteiger partial charge in [-0.2, -0.15) is 0 Å². The van der Waals surface area contributed by atoms with Gasteiger partial charge in [0.1, 0.15) is 5.69 Å². The molecule has 2 aromatic rings. The monoisotopic (exact) mass is 302 g/mol. The van der Waals surface area contributed by atoms with E-state index in [1.54, 1.807) is 24.3 Å². The van der Waals surface area contributed by atoms with Crippen LogP contribution < -0.4 is 11.1 Å². The number of hydrogen-bond acceptors (Lipinski definition) is 2. The van der Waals surface area contributed by atoms with Crippen molar-refractivity contribution in [2.24, 2.45) is 5.73 Å². The summed E-state index contributed by atoms with van der Waals surface area (Å²) in [5.41, 5.74) is 5.78. The molecule has 0 aliphatic carbocycles. The smallest absolute Gasteiger partial charge is 0.200 e. The van der Waals surface area contributed by atoms with Crippen LogP contribution >= 0.6 is 0 Å². The van der Waals surface area contributed by atoms with Crippen LogP contribution in [0.25, 0.3) is 0 Å². The Morgan fingerprint density at radius 3 is 1.90 bits per heavy atom. The molecular weight excluding hydrogens is 291 g/mol. The highest BCUT2D eigenvalue weighted by atomic mass is 19.2. The van der Waals surface area contributed by atoms with E-state index in [1.807, 2.05) is 0 Å². The molecule has 0 radical (unpaired) electrons. The van der Waals surface area contributed by atoms with E-state index >= 15 is 0 Å². The third-order valence-corrected chi connectivity index (χ3v) is 2.91. The lowest BCUT2D eigenvalue weighted by Crippen LogP contribution is -2.10. The molecule has 0 aromatic heterocycles. The van der Waals surface area contributed by atoms with Crippen LogP contribution in [0.3, 0.4) is 0 Å². The van der Waals surface area contributed by atoms with Gasteiger partial charge in [-0.15, -0.1) is 0 Å². The Balaban J connectivity index is 2.28. The molecule has 0 saturated carbocycles. The lowest BCUT2D eigenvalue weighted by atomic mass is 10.1. The largest absolute Gasteiger partial charge is 0.376 e. The molecule has 0 amide bonds. The molecule has 0 atom stereocenters. The zero-order valence-electron chi connectivity index (χ0n) is 10.7. The minimum atomic E-state index is -2.18. The third-order valence-electron chi connectivity index (χ3n) is 2.91. The van der Waals surface area contributed by atoms with Gasteiger partial charge in [-0.05, 0) is 11.1 Å². The van der Waals surface area contributed by atoms with Crippen molar-refractivity contribution < 1.29 is 22.0 Å². The van der Waals surface area contributed by atoms with Crippen molar-refractivity contribution in [1.82, 2.24) is 0 Å². The minimum absolute atomic E-state index is 0.105. The molecule has 0 fully saturated rings. The van der Waals surface area contributed by atoms with E-state index in [0.717, 1.165) is 5.56 Å². The molecule has 2 aromatic carbocycles. The Bertz CT molecular complexity index is 644. The van der Waals surface area contributed by atoms with E-state index in [4.69, 9.17) is 5.73 Å². The van der Waals surface area contributed by atoms with Gasteiger partial charge >= 0.3 is 0 Å². The Morgan fingerprint density at radius 2 is 1.33 bits per heavy atom. The Hall–Kier alpha value is -2.15. The number of halogens is 5. The summed E-state index contributed by atoms with van der Waals surface area (Å²) in [6, 6.07) is 6.73. The molecule has 0 aliphatic rings. The van der Waals surface area contributed by atoms with Gasteiger partial charge in [-0.1, -0.05) is 24.3 Å². The number of hydrogen-bond donors (Lipinski definition) is 2. The van der Waals surface area contributed by atoms with E-state index in [1.165, 1.54) is 0 Å². The van der Waals surface area contributed by atoms with Gasteiger partial charge in [0, 0.05) is 13.1 Å². The van der Waals surface area contributed by atoms with Crippen LogP contribution in [-0.4, -0.2) is 0 Å². The fourth-order valence-electron chi connectivity index (χ4n) is 1.82.